The van der Waals surface area contributed by atoms with E-state index in [1.807, 2.05) is 24.3 Å². The topological polar surface area (TPSA) is 142 Å². The van der Waals surface area contributed by atoms with Gasteiger partial charge in [0.25, 0.3) is 0 Å². The molecule has 14 heteroatoms. The van der Waals surface area contributed by atoms with Crippen LogP contribution < -0.4 is 14.8 Å². The van der Waals surface area contributed by atoms with Gasteiger partial charge in [-0.15, -0.1) is 0 Å². The quantitative estimate of drug-likeness (QED) is 0.304. The third kappa shape index (κ3) is 9.50. The summed E-state index contributed by atoms with van der Waals surface area (Å²) in [5.41, 5.74) is 2.41. The van der Waals surface area contributed by atoms with E-state index in [0.29, 0.717) is 40.5 Å². The lowest BCUT2D eigenvalue weighted by atomic mass is 9.98. The Balaban J connectivity index is 1.28. The van der Waals surface area contributed by atoms with E-state index in [4.69, 9.17) is 43.2 Å². The fourth-order valence-electron chi connectivity index (χ4n) is 5.65. The molecule has 1 aromatic carbocycles. The number of likely N-dealkylation sites (tertiary alicyclic amines) is 1. The number of ether oxygens (including phenoxy) is 1. The second-order valence-electron chi connectivity index (χ2n) is 11.3. The SMILES string of the molecule is NS(=O)(=O)CC1CCN(Cc2cc(Oc3ccc(N4CCN(CCC(=O)O)CC4)nc3)nc(-c3cc(Cl)cc(Cl)c3)c2)CC1. The van der Waals surface area contributed by atoms with Crippen LogP contribution >= 0.6 is 23.2 Å². The fraction of sp³-hybridized carbons (Fsp3) is 0.433. The summed E-state index contributed by atoms with van der Waals surface area (Å²) in [5.74, 6) is 1.08. The number of piperidine rings is 1. The van der Waals surface area contributed by atoms with E-state index in [1.165, 1.54) is 0 Å². The number of hydrogen-bond acceptors (Lipinski definition) is 9. The van der Waals surface area contributed by atoms with Crippen molar-refractivity contribution in [1.82, 2.24) is 19.8 Å². The van der Waals surface area contributed by atoms with Gasteiger partial charge in [-0.25, -0.2) is 23.5 Å². The molecule has 2 fully saturated rings. The highest BCUT2D eigenvalue weighted by Crippen LogP contribution is 2.31. The molecule has 0 unspecified atom stereocenters. The third-order valence-electron chi connectivity index (χ3n) is 7.88. The second kappa shape index (κ2) is 14.4. The Morgan fingerprint density at radius 3 is 2.30 bits per heavy atom. The van der Waals surface area contributed by atoms with Gasteiger partial charge >= 0.3 is 5.97 Å². The zero-order valence-electron chi connectivity index (χ0n) is 24.2. The first-order valence-corrected chi connectivity index (χ1v) is 17.0. The number of anilines is 1. The van der Waals surface area contributed by atoms with Crippen LogP contribution in [0.2, 0.25) is 10.0 Å². The second-order valence-corrected chi connectivity index (χ2v) is 13.9. The molecule has 0 amide bonds. The highest BCUT2D eigenvalue weighted by atomic mass is 35.5. The van der Waals surface area contributed by atoms with Crippen molar-refractivity contribution in [3.8, 4) is 22.9 Å². The van der Waals surface area contributed by atoms with E-state index in [1.54, 1.807) is 24.4 Å². The maximum Gasteiger partial charge on any atom is 0.304 e. The summed E-state index contributed by atoms with van der Waals surface area (Å²) in [6.07, 6.45) is 3.34. The Bertz CT molecular complexity index is 1540. The summed E-state index contributed by atoms with van der Waals surface area (Å²) in [6, 6.07) is 12.9. The van der Waals surface area contributed by atoms with Crippen molar-refractivity contribution in [2.75, 3.05) is 56.5 Å². The summed E-state index contributed by atoms with van der Waals surface area (Å²) in [5, 5.41) is 15.2. The molecular formula is C30H36Cl2N6O5S. The van der Waals surface area contributed by atoms with Crippen molar-refractivity contribution < 1.29 is 23.1 Å². The molecule has 11 nitrogen and oxygen atoms in total. The minimum Gasteiger partial charge on any atom is -0.481 e. The van der Waals surface area contributed by atoms with Crippen LogP contribution in [0.25, 0.3) is 11.3 Å². The lowest BCUT2D eigenvalue weighted by Gasteiger charge is -2.35. The van der Waals surface area contributed by atoms with Crippen LogP contribution in [0.5, 0.6) is 11.6 Å². The Labute approximate surface area is 267 Å². The Morgan fingerprint density at radius 1 is 0.977 bits per heavy atom. The number of nitrogens with zero attached hydrogens (tertiary/aromatic N) is 5. The number of sulfonamides is 1. The number of nitrogens with two attached hydrogens (primary N) is 1. The summed E-state index contributed by atoms with van der Waals surface area (Å²) in [4.78, 5) is 26.8. The molecule has 4 heterocycles. The van der Waals surface area contributed by atoms with Crippen molar-refractivity contribution in [3.05, 3.63) is 64.3 Å². The third-order valence-corrected chi connectivity index (χ3v) is 9.26. The van der Waals surface area contributed by atoms with Crippen molar-refractivity contribution >= 4 is 45.0 Å². The van der Waals surface area contributed by atoms with E-state index in [2.05, 4.69) is 19.7 Å². The number of rotatable bonds is 11. The summed E-state index contributed by atoms with van der Waals surface area (Å²) < 4.78 is 29.3. The standard InChI is InChI=1S/C30H36Cl2N6O5S/c31-24-15-23(16-25(32)17-24)27-13-22(19-37-6-3-21(4-7-37)20-44(33,41)42)14-29(35-27)43-26-1-2-28(34-18-26)38-11-9-36(10-12-38)8-5-30(39)40/h1-2,13-18,21H,3-12,19-20H2,(H,39,40)(H2,33,41,42). The van der Waals surface area contributed by atoms with Gasteiger partial charge in [-0.3, -0.25) is 14.6 Å². The fourth-order valence-corrected chi connectivity index (χ4v) is 7.16. The number of primary sulfonamides is 1. The minimum absolute atomic E-state index is 0.0174. The van der Waals surface area contributed by atoms with E-state index in [0.717, 1.165) is 69.1 Å². The Kier molecular flexibility index (Phi) is 10.6. The maximum atomic E-state index is 11.5. The summed E-state index contributed by atoms with van der Waals surface area (Å²) in [6.45, 7) is 5.80. The van der Waals surface area contributed by atoms with E-state index in [9.17, 15) is 13.2 Å². The molecule has 2 saturated heterocycles. The van der Waals surface area contributed by atoms with Crippen molar-refractivity contribution in [2.24, 2.45) is 11.1 Å². The largest absolute Gasteiger partial charge is 0.481 e. The van der Waals surface area contributed by atoms with Gasteiger partial charge in [0.2, 0.25) is 15.9 Å². The number of benzene rings is 1. The molecule has 3 aromatic rings. The first-order chi connectivity index (χ1) is 21.0. The molecule has 0 atom stereocenters. The van der Waals surface area contributed by atoms with E-state index < -0.39 is 16.0 Å². The van der Waals surface area contributed by atoms with Crippen LogP contribution in [0.4, 0.5) is 5.82 Å². The summed E-state index contributed by atoms with van der Waals surface area (Å²) in [7, 11) is -3.49. The van der Waals surface area contributed by atoms with Crippen LogP contribution in [-0.4, -0.2) is 90.8 Å². The van der Waals surface area contributed by atoms with Crippen LogP contribution in [0.15, 0.2) is 48.7 Å². The van der Waals surface area contributed by atoms with Gasteiger partial charge in [0.15, 0.2) is 0 Å². The van der Waals surface area contributed by atoms with Gasteiger partial charge in [0.05, 0.1) is 24.1 Å². The number of pyridine rings is 2. The molecule has 0 spiro atoms. The number of aliphatic carboxylic acids is 1. The highest BCUT2D eigenvalue weighted by Gasteiger charge is 2.23. The average molecular weight is 664 g/mol. The van der Waals surface area contributed by atoms with Crippen molar-refractivity contribution in [3.63, 3.8) is 0 Å². The Hall–Kier alpha value is -3.00. The molecular weight excluding hydrogens is 627 g/mol. The van der Waals surface area contributed by atoms with Crippen LogP contribution in [-0.2, 0) is 21.4 Å². The molecule has 0 saturated carbocycles. The number of carboxylic acid groups (broad SMARTS) is 1. The van der Waals surface area contributed by atoms with E-state index >= 15 is 0 Å². The molecule has 0 aliphatic carbocycles. The molecule has 0 bridgehead atoms. The lowest BCUT2D eigenvalue weighted by Crippen LogP contribution is -2.47. The van der Waals surface area contributed by atoms with Gasteiger partial charge in [-0.1, -0.05) is 23.2 Å². The average Bonchev–Trinajstić information content (AvgIpc) is 2.96. The molecule has 2 aliphatic rings. The molecule has 236 valence electrons. The van der Waals surface area contributed by atoms with Crippen LogP contribution in [0.1, 0.15) is 24.8 Å². The molecule has 2 aromatic heterocycles. The monoisotopic (exact) mass is 662 g/mol. The van der Waals surface area contributed by atoms with E-state index in [-0.39, 0.29) is 18.1 Å². The predicted molar refractivity (Wildman–Crippen MR) is 171 cm³/mol. The number of carbonyl (C=O) groups is 1. The highest BCUT2D eigenvalue weighted by molar-refractivity contribution is 7.89. The number of aromatic nitrogens is 2. The van der Waals surface area contributed by atoms with Crippen molar-refractivity contribution in [2.45, 2.75) is 25.8 Å². The first kappa shape index (κ1) is 32.4. The van der Waals surface area contributed by atoms with Gasteiger partial charge in [0, 0.05) is 60.9 Å². The zero-order valence-corrected chi connectivity index (χ0v) is 26.6. The predicted octanol–water partition coefficient (Wildman–Crippen LogP) is 4.34. The number of halogens is 2. The normalized spacial score (nSPS) is 17.1. The van der Waals surface area contributed by atoms with Crippen LogP contribution in [0, 0.1) is 5.92 Å². The number of hydrogen-bond donors (Lipinski definition) is 2. The molecule has 0 radical (unpaired) electrons. The summed E-state index contributed by atoms with van der Waals surface area (Å²) >= 11 is 12.6. The van der Waals surface area contributed by atoms with Crippen molar-refractivity contribution in [1.29, 1.82) is 0 Å². The van der Waals surface area contributed by atoms with Gasteiger partial charge < -0.3 is 14.7 Å². The molecule has 3 N–H and O–H groups in total. The molecule has 2 aliphatic heterocycles. The number of piperazine rings is 1. The first-order valence-electron chi connectivity index (χ1n) is 14.5. The van der Waals surface area contributed by atoms with Gasteiger partial charge in [0.1, 0.15) is 11.6 Å². The molecule has 5 rings (SSSR count). The minimum atomic E-state index is -3.49. The number of carboxylic acids is 1. The van der Waals surface area contributed by atoms with Gasteiger partial charge in [-0.2, -0.15) is 0 Å². The lowest BCUT2D eigenvalue weighted by molar-refractivity contribution is -0.137. The Morgan fingerprint density at radius 2 is 1.68 bits per heavy atom. The smallest absolute Gasteiger partial charge is 0.304 e. The maximum absolute atomic E-state index is 11.5. The zero-order chi connectivity index (χ0) is 31.3. The van der Waals surface area contributed by atoms with Crippen LogP contribution in [0.3, 0.4) is 0 Å². The molecule has 44 heavy (non-hydrogen) atoms. The van der Waals surface area contributed by atoms with Gasteiger partial charge in [-0.05, 0) is 73.8 Å².